The monoisotopic (exact) mass is 327 g/mol. The van der Waals surface area contributed by atoms with E-state index in [1.807, 2.05) is 19.9 Å². The maximum atomic E-state index is 6.03. The summed E-state index contributed by atoms with van der Waals surface area (Å²) in [7, 11) is 0. The second kappa shape index (κ2) is 9.26. The SMILES string of the molecule is CCCCCCOc1cc(C)ccc1CNc1cc(C)nc(C)n1. The van der Waals surface area contributed by atoms with Gasteiger partial charge in [-0.1, -0.05) is 38.3 Å². The summed E-state index contributed by atoms with van der Waals surface area (Å²) in [6.45, 7) is 9.69. The Labute approximate surface area is 145 Å². The normalized spacial score (nSPS) is 10.7. The molecule has 1 heterocycles. The quantitative estimate of drug-likeness (QED) is 0.660. The van der Waals surface area contributed by atoms with Gasteiger partial charge in [-0.15, -0.1) is 0 Å². The van der Waals surface area contributed by atoms with Crippen LogP contribution in [0.15, 0.2) is 24.3 Å². The van der Waals surface area contributed by atoms with Crippen molar-refractivity contribution in [2.75, 3.05) is 11.9 Å². The summed E-state index contributed by atoms with van der Waals surface area (Å²) < 4.78 is 6.03. The third-order valence-corrected chi connectivity index (χ3v) is 3.90. The Bertz CT molecular complexity index is 635. The summed E-state index contributed by atoms with van der Waals surface area (Å²) in [6, 6.07) is 8.34. The molecule has 2 aromatic rings. The molecule has 1 aromatic heterocycles. The molecular formula is C20H29N3O. The van der Waals surface area contributed by atoms with Gasteiger partial charge in [0, 0.05) is 23.9 Å². The second-order valence-electron chi connectivity index (χ2n) is 6.32. The lowest BCUT2D eigenvalue weighted by Crippen LogP contribution is -2.07. The van der Waals surface area contributed by atoms with Crippen LogP contribution in [-0.4, -0.2) is 16.6 Å². The number of aryl methyl sites for hydroxylation is 3. The lowest BCUT2D eigenvalue weighted by atomic mass is 10.1. The zero-order chi connectivity index (χ0) is 17.4. The van der Waals surface area contributed by atoms with Crippen molar-refractivity contribution in [3.63, 3.8) is 0 Å². The number of anilines is 1. The van der Waals surface area contributed by atoms with Crippen LogP contribution >= 0.6 is 0 Å². The molecule has 130 valence electrons. The van der Waals surface area contributed by atoms with Gasteiger partial charge in [0.05, 0.1) is 6.61 Å². The first-order valence-electron chi connectivity index (χ1n) is 8.87. The summed E-state index contributed by atoms with van der Waals surface area (Å²) in [5, 5.41) is 3.38. The van der Waals surface area contributed by atoms with E-state index in [1.54, 1.807) is 0 Å². The highest BCUT2D eigenvalue weighted by Gasteiger charge is 2.06. The fourth-order valence-corrected chi connectivity index (χ4v) is 2.65. The molecule has 0 aliphatic rings. The third kappa shape index (κ3) is 5.84. The average Bonchev–Trinajstić information content (AvgIpc) is 2.53. The molecule has 0 bridgehead atoms. The molecular weight excluding hydrogens is 298 g/mol. The van der Waals surface area contributed by atoms with Crippen molar-refractivity contribution in [2.45, 2.75) is 59.9 Å². The predicted octanol–water partition coefficient (Wildman–Crippen LogP) is 4.97. The van der Waals surface area contributed by atoms with Crippen LogP contribution < -0.4 is 10.1 Å². The van der Waals surface area contributed by atoms with Gasteiger partial charge in [0.1, 0.15) is 17.4 Å². The van der Waals surface area contributed by atoms with E-state index >= 15 is 0 Å². The van der Waals surface area contributed by atoms with E-state index < -0.39 is 0 Å². The minimum absolute atomic E-state index is 0.695. The summed E-state index contributed by atoms with van der Waals surface area (Å²) >= 11 is 0. The molecule has 0 unspecified atom stereocenters. The van der Waals surface area contributed by atoms with E-state index in [-0.39, 0.29) is 0 Å². The summed E-state index contributed by atoms with van der Waals surface area (Å²) in [5.41, 5.74) is 3.35. The Morgan fingerprint density at radius 1 is 1.00 bits per heavy atom. The van der Waals surface area contributed by atoms with Crippen LogP contribution in [0.4, 0.5) is 5.82 Å². The van der Waals surface area contributed by atoms with Crippen LogP contribution in [0.5, 0.6) is 5.75 Å². The number of benzene rings is 1. The number of aromatic nitrogens is 2. The van der Waals surface area contributed by atoms with E-state index in [2.05, 4.69) is 47.3 Å². The smallest absolute Gasteiger partial charge is 0.130 e. The fraction of sp³-hybridized carbons (Fsp3) is 0.500. The topological polar surface area (TPSA) is 47.0 Å². The Balaban J connectivity index is 1.98. The Morgan fingerprint density at radius 3 is 2.58 bits per heavy atom. The van der Waals surface area contributed by atoms with Gasteiger partial charge in [0.15, 0.2) is 0 Å². The van der Waals surface area contributed by atoms with Crippen LogP contribution in [0.3, 0.4) is 0 Å². The number of nitrogens with zero attached hydrogens (tertiary/aromatic N) is 2. The first-order valence-corrected chi connectivity index (χ1v) is 8.87. The average molecular weight is 327 g/mol. The minimum atomic E-state index is 0.695. The number of rotatable bonds is 9. The van der Waals surface area contributed by atoms with Crippen molar-refractivity contribution in [1.29, 1.82) is 0 Å². The van der Waals surface area contributed by atoms with Gasteiger partial charge in [-0.05, 0) is 38.8 Å². The summed E-state index contributed by atoms with van der Waals surface area (Å²) in [6.07, 6.45) is 4.86. The number of unbranched alkanes of at least 4 members (excludes halogenated alkanes) is 3. The molecule has 1 aromatic carbocycles. The van der Waals surface area contributed by atoms with Crippen LogP contribution in [0, 0.1) is 20.8 Å². The van der Waals surface area contributed by atoms with E-state index in [1.165, 1.54) is 24.8 Å². The van der Waals surface area contributed by atoms with Gasteiger partial charge in [-0.2, -0.15) is 0 Å². The third-order valence-electron chi connectivity index (χ3n) is 3.90. The van der Waals surface area contributed by atoms with Gasteiger partial charge < -0.3 is 10.1 Å². The van der Waals surface area contributed by atoms with E-state index in [0.29, 0.717) is 6.54 Å². The first-order chi connectivity index (χ1) is 11.6. The van der Waals surface area contributed by atoms with Gasteiger partial charge in [-0.3, -0.25) is 0 Å². The van der Waals surface area contributed by atoms with Crippen LogP contribution in [0.2, 0.25) is 0 Å². The van der Waals surface area contributed by atoms with Gasteiger partial charge in [0.25, 0.3) is 0 Å². The summed E-state index contributed by atoms with van der Waals surface area (Å²) in [5.74, 6) is 2.62. The zero-order valence-electron chi connectivity index (χ0n) is 15.4. The molecule has 0 atom stereocenters. The maximum absolute atomic E-state index is 6.03. The minimum Gasteiger partial charge on any atom is -0.493 e. The first kappa shape index (κ1) is 18.2. The molecule has 24 heavy (non-hydrogen) atoms. The van der Waals surface area contributed by atoms with Crippen LogP contribution in [0.25, 0.3) is 0 Å². The summed E-state index contributed by atoms with van der Waals surface area (Å²) in [4.78, 5) is 8.74. The van der Waals surface area contributed by atoms with Gasteiger partial charge in [-0.25, -0.2) is 9.97 Å². The van der Waals surface area contributed by atoms with Crippen molar-refractivity contribution in [3.8, 4) is 5.75 Å². The zero-order valence-corrected chi connectivity index (χ0v) is 15.4. The number of nitrogens with one attached hydrogen (secondary N) is 1. The highest BCUT2D eigenvalue weighted by Crippen LogP contribution is 2.22. The van der Waals surface area contributed by atoms with Crippen LogP contribution in [-0.2, 0) is 6.54 Å². The molecule has 2 rings (SSSR count). The molecule has 1 N–H and O–H groups in total. The molecule has 4 nitrogen and oxygen atoms in total. The molecule has 0 aliphatic heterocycles. The predicted molar refractivity (Wildman–Crippen MR) is 99.6 cm³/mol. The maximum Gasteiger partial charge on any atom is 0.130 e. The number of ether oxygens (including phenoxy) is 1. The largest absolute Gasteiger partial charge is 0.493 e. The Hall–Kier alpha value is -2.10. The Kier molecular flexibility index (Phi) is 7.04. The van der Waals surface area contributed by atoms with Crippen molar-refractivity contribution < 1.29 is 4.74 Å². The molecule has 0 amide bonds. The van der Waals surface area contributed by atoms with E-state index in [0.717, 1.165) is 41.7 Å². The number of hydrogen-bond acceptors (Lipinski definition) is 4. The molecule has 4 heteroatoms. The molecule has 0 saturated carbocycles. The lowest BCUT2D eigenvalue weighted by Gasteiger charge is -2.14. The van der Waals surface area contributed by atoms with Crippen LogP contribution in [0.1, 0.15) is 55.3 Å². The lowest BCUT2D eigenvalue weighted by molar-refractivity contribution is 0.302. The molecule has 0 fully saturated rings. The van der Waals surface area contributed by atoms with E-state index in [4.69, 9.17) is 4.74 Å². The van der Waals surface area contributed by atoms with Crippen molar-refractivity contribution in [3.05, 3.63) is 46.9 Å². The standard InChI is InChI=1S/C20H29N3O/c1-5-6-7-8-11-24-19-12-15(2)9-10-18(19)14-21-20-13-16(3)22-17(4)23-20/h9-10,12-13H,5-8,11,14H2,1-4H3,(H,21,22,23). The van der Waals surface area contributed by atoms with Crippen molar-refractivity contribution in [2.24, 2.45) is 0 Å². The molecule has 0 saturated heterocycles. The Morgan fingerprint density at radius 2 is 1.83 bits per heavy atom. The number of hydrogen-bond donors (Lipinski definition) is 1. The second-order valence-corrected chi connectivity index (χ2v) is 6.32. The highest BCUT2D eigenvalue weighted by molar-refractivity contribution is 5.42. The fourth-order valence-electron chi connectivity index (χ4n) is 2.65. The van der Waals surface area contributed by atoms with Crippen molar-refractivity contribution in [1.82, 2.24) is 9.97 Å². The van der Waals surface area contributed by atoms with Gasteiger partial charge in [0.2, 0.25) is 0 Å². The van der Waals surface area contributed by atoms with Crippen molar-refractivity contribution >= 4 is 5.82 Å². The highest BCUT2D eigenvalue weighted by atomic mass is 16.5. The molecule has 0 radical (unpaired) electrons. The van der Waals surface area contributed by atoms with Gasteiger partial charge >= 0.3 is 0 Å². The van der Waals surface area contributed by atoms with E-state index in [9.17, 15) is 0 Å². The molecule has 0 aliphatic carbocycles. The molecule has 0 spiro atoms.